The molecular formula is C15H22ClFN2O. The van der Waals surface area contributed by atoms with Crippen molar-refractivity contribution in [1.82, 2.24) is 4.90 Å². The number of likely N-dealkylation sites (N-methyl/N-ethyl adjacent to an activating group) is 1. The number of nitrogens with two attached hydrogens (primary N) is 1. The molecule has 1 aliphatic rings. The Labute approximate surface area is 124 Å². The highest BCUT2D eigenvalue weighted by Gasteiger charge is 2.22. The van der Waals surface area contributed by atoms with Gasteiger partial charge in [0.05, 0.1) is 6.61 Å². The molecule has 1 fully saturated rings. The number of ether oxygens (including phenoxy) is 1. The molecular weight excluding hydrogens is 279 g/mol. The Morgan fingerprint density at radius 2 is 2.30 bits per heavy atom. The fraction of sp³-hybridized carbons (Fsp3) is 0.600. The third kappa shape index (κ3) is 4.16. The molecule has 2 rings (SSSR count). The van der Waals surface area contributed by atoms with Gasteiger partial charge in [0, 0.05) is 30.8 Å². The highest BCUT2D eigenvalue weighted by atomic mass is 35.5. The molecule has 2 unspecified atom stereocenters. The molecule has 0 saturated carbocycles. The van der Waals surface area contributed by atoms with E-state index in [2.05, 4.69) is 4.90 Å². The van der Waals surface area contributed by atoms with E-state index in [4.69, 9.17) is 22.1 Å². The summed E-state index contributed by atoms with van der Waals surface area (Å²) >= 11 is 5.93. The van der Waals surface area contributed by atoms with Crippen LogP contribution in [0.4, 0.5) is 4.39 Å². The zero-order valence-corrected chi connectivity index (χ0v) is 12.6. The highest BCUT2D eigenvalue weighted by Crippen LogP contribution is 2.25. The van der Waals surface area contributed by atoms with E-state index in [1.807, 2.05) is 7.05 Å². The van der Waals surface area contributed by atoms with Crippen LogP contribution in [-0.4, -0.2) is 38.3 Å². The van der Waals surface area contributed by atoms with Crippen LogP contribution in [-0.2, 0) is 4.74 Å². The Morgan fingerprint density at radius 3 is 2.90 bits per heavy atom. The quantitative estimate of drug-likeness (QED) is 0.909. The van der Waals surface area contributed by atoms with E-state index in [1.165, 1.54) is 18.6 Å². The third-order valence-corrected chi connectivity index (χ3v) is 4.04. The van der Waals surface area contributed by atoms with Gasteiger partial charge in [-0.05, 0) is 49.6 Å². The van der Waals surface area contributed by atoms with Crippen LogP contribution in [0.2, 0.25) is 5.02 Å². The molecule has 0 aliphatic carbocycles. The SMILES string of the molecule is CN(CC1CCCOC1)C(CN)c1cc(F)cc(Cl)c1. The van der Waals surface area contributed by atoms with Crippen LogP contribution in [0.3, 0.4) is 0 Å². The highest BCUT2D eigenvalue weighted by molar-refractivity contribution is 6.30. The van der Waals surface area contributed by atoms with E-state index in [0.29, 0.717) is 17.5 Å². The van der Waals surface area contributed by atoms with Gasteiger partial charge >= 0.3 is 0 Å². The van der Waals surface area contributed by atoms with Crippen molar-refractivity contribution < 1.29 is 9.13 Å². The van der Waals surface area contributed by atoms with Crippen molar-refractivity contribution in [3.05, 3.63) is 34.6 Å². The fourth-order valence-corrected chi connectivity index (χ4v) is 3.05. The lowest BCUT2D eigenvalue weighted by atomic mass is 9.99. The van der Waals surface area contributed by atoms with Crippen molar-refractivity contribution >= 4 is 11.6 Å². The Hall–Kier alpha value is -0.680. The summed E-state index contributed by atoms with van der Waals surface area (Å²) in [5, 5.41) is 0.410. The average molecular weight is 301 g/mol. The summed E-state index contributed by atoms with van der Waals surface area (Å²) in [5.41, 5.74) is 6.70. The molecule has 2 N–H and O–H groups in total. The van der Waals surface area contributed by atoms with E-state index in [0.717, 1.165) is 31.7 Å². The lowest BCUT2D eigenvalue weighted by Crippen LogP contribution is -2.36. The number of halogens is 2. The molecule has 0 aromatic heterocycles. The van der Waals surface area contributed by atoms with Crippen LogP contribution in [0, 0.1) is 11.7 Å². The number of rotatable bonds is 5. The van der Waals surface area contributed by atoms with Gasteiger partial charge in [0.15, 0.2) is 0 Å². The summed E-state index contributed by atoms with van der Waals surface area (Å²) in [6.45, 7) is 2.99. The molecule has 0 spiro atoms. The van der Waals surface area contributed by atoms with Gasteiger partial charge in [0.2, 0.25) is 0 Å². The van der Waals surface area contributed by atoms with Crippen LogP contribution in [0.25, 0.3) is 0 Å². The average Bonchev–Trinajstić information content (AvgIpc) is 2.39. The molecule has 5 heteroatoms. The van der Waals surface area contributed by atoms with Crippen LogP contribution >= 0.6 is 11.6 Å². The molecule has 0 radical (unpaired) electrons. The maximum atomic E-state index is 13.5. The van der Waals surface area contributed by atoms with E-state index in [-0.39, 0.29) is 11.9 Å². The van der Waals surface area contributed by atoms with E-state index in [1.54, 1.807) is 6.07 Å². The Bertz CT molecular complexity index is 418. The van der Waals surface area contributed by atoms with E-state index < -0.39 is 0 Å². The van der Waals surface area contributed by atoms with Crippen LogP contribution in [0.1, 0.15) is 24.4 Å². The first-order chi connectivity index (χ1) is 9.60. The largest absolute Gasteiger partial charge is 0.381 e. The van der Waals surface area contributed by atoms with Crippen molar-refractivity contribution in [1.29, 1.82) is 0 Å². The Kier molecular flexibility index (Phi) is 5.78. The van der Waals surface area contributed by atoms with Gasteiger partial charge < -0.3 is 10.5 Å². The molecule has 1 aromatic rings. The zero-order valence-electron chi connectivity index (χ0n) is 11.8. The predicted molar refractivity (Wildman–Crippen MR) is 79.4 cm³/mol. The first-order valence-corrected chi connectivity index (χ1v) is 7.42. The van der Waals surface area contributed by atoms with Gasteiger partial charge in [-0.15, -0.1) is 0 Å². The second kappa shape index (κ2) is 7.36. The normalized spacial score (nSPS) is 21.1. The summed E-state index contributed by atoms with van der Waals surface area (Å²) in [6.07, 6.45) is 2.28. The van der Waals surface area contributed by atoms with Crippen LogP contribution in [0.5, 0.6) is 0 Å². The van der Waals surface area contributed by atoms with Crippen LogP contribution in [0.15, 0.2) is 18.2 Å². The van der Waals surface area contributed by atoms with Crippen molar-refractivity contribution in [3.63, 3.8) is 0 Å². The van der Waals surface area contributed by atoms with Crippen molar-refractivity contribution in [3.8, 4) is 0 Å². The minimum Gasteiger partial charge on any atom is -0.381 e. The monoisotopic (exact) mass is 300 g/mol. The molecule has 3 nitrogen and oxygen atoms in total. The van der Waals surface area contributed by atoms with Gasteiger partial charge in [-0.2, -0.15) is 0 Å². The summed E-state index contributed by atoms with van der Waals surface area (Å²) in [6, 6.07) is 4.59. The molecule has 2 atom stereocenters. The van der Waals surface area contributed by atoms with Gasteiger partial charge in [-0.1, -0.05) is 11.6 Å². The summed E-state index contributed by atoms with van der Waals surface area (Å²) < 4.78 is 19.0. The van der Waals surface area contributed by atoms with Gasteiger partial charge in [0.25, 0.3) is 0 Å². The first-order valence-electron chi connectivity index (χ1n) is 7.04. The molecule has 20 heavy (non-hydrogen) atoms. The summed E-state index contributed by atoms with van der Waals surface area (Å²) in [7, 11) is 2.02. The van der Waals surface area contributed by atoms with Gasteiger partial charge in [0.1, 0.15) is 5.82 Å². The number of benzene rings is 1. The smallest absolute Gasteiger partial charge is 0.125 e. The topological polar surface area (TPSA) is 38.5 Å². The molecule has 0 amide bonds. The number of hydrogen-bond donors (Lipinski definition) is 1. The Morgan fingerprint density at radius 1 is 1.50 bits per heavy atom. The zero-order chi connectivity index (χ0) is 14.5. The third-order valence-electron chi connectivity index (χ3n) is 3.83. The second-order valence-electron chi connectivity index (χ2n) is 5.48. The number of nitrogens with zero attached hydrogens (tertiary/aromatic N) is 1. The number of hydrogen-bond acceptors (Lipinski definition) is 3. The van der Waals surface area contributed by atoms with Crippen molar-refractivity contribution in [2.75, 3.05) is 33.4 Å². The minimum absolute atomic E-state index is 0.0230. The molecule has 1 aliphatic heterocycles. The van der Waals surface area contributed by atoms with Crippen LogP contribution < -0.4 is 5.73 Å². The van der Waals surface area contributed by atoms with Gasteiger partial charge in [-0.25, -0.2) is 4.39 Å². The molecule has 1 aromatic carbocycles. The standard InChI is InChI=1S/C15H22ClFN2O/c1-19(9-11-3-2-4-20-10-11)15(8-18)12-5-13(16)7-14(17)6-12/h5-7,11,15H,2-4,8-10,18H2,1H3. The maximum absolute atomic E-state index is 13.5. The van der Waals surface area contributed by atoms with E-state index in [9.17, 15) is 4.39 Å². The fourth-order valence-electron chi connectivity index (χ4n) is 2.82. The molecule has 1 heterocycles. The Balaban J connectivity index is 2.05. The first kappa shape index (κ1) is 15.7. The van der Waals surface area contributed by atoms with Crippen molar-refractivity contribution in [2.45, 2.75) is 18.9 Å². The molecule has 112 valence electrons. The molecule has 0 bridgehead atoms. The second-order valence-corrected chi connectivity index (χ2v) is 5.91. The maximum Gasteiger partial charge on any atom is 0.125 e. The lowest BCUT2D eigenvalue weighted by molar-refractivity contribution is 0.0365. The predicted octanol–water partition coefficient (Wildman–Crippen LogP) is 2.84. The van der Waals surface area contributed by atoms with E-state index >= 15 is 0 Å². The lowest BCUT2D eigenvalue weighted by Gasteiger charge is -2.32. The summed E-state index contributed by atoms with van der Waals surface area (Å²) in [4.78, 5) is 2.17. The van der Waals surface area contributed by atoms with Crippen molar-refractivity contribution in [2.24, 2.45) is 11.7 Å². The molecule has 1 saturated heterocycles. The van der Waals surface area contributed by atoms with Gasteiger partial charge in [-0.3, -0.25) is 4.90 Å². The summed E-state index contributed by atoms with van der Waals surface area (Å²) in [5.74, 6) is 0.201. The minimum atomic E-state index is -0.319.